The molecule has 0 aliphatic rings. The molecule has 92 valence electrons. The van der Waals surface area contributed by atoms with Crippen molar-refractivity contribution in [3.63, 3.8) is 0 Å². The van der Waals surface area contributed by atoms with Gasteiger partial charge in [0.05, 0.1) is 19.8 Å². The van der Waals surface area contributed by atoms with Gasteiger partial charge in [0, 0.05) is 32.0 Å². The Balaban J connectivity index is 2.07. The second-order valence-electron chi connectivity index (χ2n) is 3.77. The van der Waals surface area contributed by atoms with E-state index in [2.05, 4.69) is 35.3 Å². The first-order valence-corrected chi connectivity index (χ1v) is 5.90. The lowest BCUT2D eigenvalue weighted by atomic mass is 10.3. The van der Waals surface area contributed by atoms with Gasteiger partial charge in [0.1, 0.15) is 0 Å². The minimum absolute atomic E-state index is 0.0971. The van der Waals surface area contributed by atoms with Gasteiger partial charge in [0.2, 0.25) is 0 Å². The Hall–Kier alpha value is -0.840. The third-order valence-corrected chi connectivity index (χ3v) is 2.28. The summed E-state index contributed by atoms with van der Waals surface area (Å²) in [7, 11) is 0. The number of hydrogen-bond acceptors (Lipinski definition) is 3. The maximum Gasteiger partial charge on any atom is 0.0698 e. The van der Waals surface area contributed by atoms with Crippen LogP contribution in [0.5, 0.6) is 0 Å². The van der Waals surface area contributed by atoms with E-state index in [-0.39, 0.29) is 6.61 Å². The van der Waals surface area contributed by atoms with Crippen LogP contribution in [0.1, 0.15) is 18.9 Å². The number of aryl methyl sites for hydroxylation is 1. The zero-order chi connectivity index (χ0) is 11.6. The van der Waals surface area contributed by atoms with Crippen molar-refractivity contribution in [3.8, 4) is 0 Å². The molecule has 1 heterocycles. The molecule has 1 rings (SSSR count). The number of rotatable bonds is 9. The van der Waals surface area contributed by atoms with E-state index in [9.17, 15) is 0 Å². The number of aliphatic hydroxyl groups excluding tert-OH is 1. The molecule has 0 spiro atoms. The largest absolute Gasteiger partial charge is 0.394 e. The van der Waals surface area contributed by atoms with Gasteiger partial charge in [-0.3, -0.25) is 0 Å². The summed E-state index contributed by atoms with van der Waals surface area (Å²) in [5, 5.41) is 11.8. The van der Waals surface area contributed by atoms with Crippen LogP contribution >= 0.6 is 0 Å². The third kappa shape index (κ3) is 5.30. The Bertz CT molecular complexity index is 274. The van der Waals surface area contributed by atoms with Crippen molar-refractivity contribution in [2.75, 3.05) is 26.4 Å². The number of hydrogen-bond donors (Lipinski definition) is 2. The van der Waals surface area contributed by atoms with Gasteiger partial charge in [0.25, 0.3) is 0 Å². The molecule has 4 heteroatoms. The molecule has 0 aliphatic heterocycles. The molecule has 0 radical (unpaired) electrons. The maximum atomic E-state index is 8.51. The minimum Gasteiger partial charge on any atom is -0.394 e. The average Bonchev–Trinajstić information content (AvgIpc) is 2.72. The molecule has 0 aliphatic carbocycles. The zero-order valence-electron chi connectivity index (χ0n) is 9.98. The topological polar surface area (TPSA) is 46.4 Å². The molecule has 0 fully saturated rings. The monoisotopic (exact) mass is 226 g/mol. The highest BCUT2D eigenvalue weighted by Crippen LogP contribution is 2.01. The van der Waals surface area contributed by atoms with Crippen molar-refractivity contribution < 1.29 is 9.84 Å². The fraction of sp³-hybridized carbons (Fsp3) is 0.667. The van der Waals surface area contributed by atoms with Gasteiger partial charge in [0.15, 0.2) is 0 Å². The summed E-state index contributed by atoms with van der Waals surface area (Å²) >= 11 is 0. The van der Waals surface area contributed by atoms with E-state index in [0.717, 1.165) is 26.1 Å². The van der Waals surface area contributed by atoms with Crippen molar-refractivity contribution in [2.24, 2.45) is 0 Å². The number of ether oxygens (including phenoxy) is 1. The van der Waals surface area contributed by atoms with E-state index >= 15 is 0 Å². The summed E-state index contributed by atoms with van der Waals surface area (Å²) in [5.74, 6) is 0. The molecule has 16 heavy (non-hydrogen) atoms. The molecule has 1 aromatic heterocycles. The molecule has 0 atom stereocenters. The Morgan fingerprint density at radius 1 is 1.44 bits per heavy atom. The lowest BCUT2D eigenvalue weighted by Crippen LogP contribution is -2.19. The summed E-state index contributed by atoms with van der Waals surface area (Å²) in [6, 6.07) is 2.14. The number of nitrogens with zero attached hydrogens (tertiary/aromatic N) is 1. The van der Waals surface area contributed by atoms with Gasteiger partial charge < -0.3 is 19.7 Å². The third-order valence-electron chi connectivity index (χ3n) is 2.28. The molecule has 1 aromatic rings. The van der Waals surface area contributed by atoms with Crippen molar-refractivity contribution in [1.82, 2.24) is 9.88 Å². The molecule has 0 unspecified atom stereocenters. The maximum absolute atomic E-state index is 8.51. The van der Waals surface area contributed by atoms with Crippen molar-refractivity contribution in [2.45, 2.75) is 26.4 Å². The summed E-state index contributed by atoms with van der Waals surface area (Å²) in [5.41, 5.74) is 1.30. The standard InChI is InChI=1S/C12H22N2O2/c1-2-5-14-6-3-12(11-14)10-13-4-8-16-9-7-15/h3,6,11,13,15H,2,4-5,7-10H2,1H3. The first-order chi connectivity index (χ1) is 7.86. The van der Waals surface area contributed by atoms with Crippen LogP contribution < -0.4 is 5.32 Å². The molecular formula is C12H22N2O2. The van der Waals surface area contributed by atoms with Crippen molar-refractivity contribution >= 4 is 0 Å². The Morgan fingerprint density at radius 3 is 3.06 bits per heavy atom. The van der Waals surface area contributed by atoms with Crippen molar-refractivity contribution in [1.29, 1.82) is 0 Å². The van der Waals surface area contributed by atoms with Crippen LogP contribution in [-0.2, 0) is 17.8 Å². The normalized spacial score (nSPS) is 10.9. The molecule has 0 saturated carbocycles. The predicted molar refractivity (Wildman–Crippen MR) is 64.3 cm³/mol. The van der Waals surface area contributed by atoms with E-state index in [0.29, 0.717) is 13.2 Å². The van der Waals surface area contributed by atoms with Gasteiger partial charge in [-0.25, -0.2) is 0 Å². The van der Waals surface area contributed by atoms with Gasteiger partial charge in [-0.15, -0.1) is 0 Å². The van der Waals surface area contributed by atoms with E-state index in [1.807, 2.05) is 0 Å². The molecule has 0 aromatic carbocycles. The zero-order valence-corrected chi connectivity index (χ0v) is 9.98. The molecule has 0 amide bonds. The lowest BCUT2D eigenvalue weighted by molar-refractivity contribution is 0.0938. The summed E-state index contributed by atoms with van der Waals surface area (Å²) < 4.78 is 7.35. The van der Waals surface area contributed by atoms with E-state index in [4.69, 9.17) is 9.84 Å². The first-order valence-electron chi connectivity index (χ1n) is 5.90. The van der Waals surface area contributed by atoms with Gasteiger partial charge in [-0.05, 0) is 18.1 Å². The van der Waals surface area contributed by atoms with E-state index in [1.165, 1.54) is 5.56 Å². The number of aromatic nitrogens is 1. The lowest BCUT2D eigenvalue weighted by Gasteiger charge is -2.04. The Labute approximate surface area is 97.2 Å². The van der Waals surface area contributed by atoms with Gasteiger partial charge in [-0.2, -0.15) is 0 Å². The number of nitrogens with one attached hydrogen (secondary N) is 1. The SMILES string of the molecule is CCCn1ccc(CNCCOCCO)c1. The fourth-order valence-corrected chi connectivity index (χ4v) is 1.54. The van der Waals surface area contributed by atoms with Crippen LogP contribution in [0.15, 0.2) is 18.5 Å². The highest BCUT2D eigenvalue weighted by molar-refractivity contribution is 5.09. The Morgan fingerprint density at radius 2 is 2.31 bits per heavy atom. The fourth-order valence-electron chi connectivity index (χ4n) is 1.54. The first kappa shape index (κ1) is 13.2. The van der Waals surface area contributed by atoms with Crippen LogP contribution in [0.2, 0.25) is 0 Å². The van der Waals surface area contributed by atoms with E-state index in [1.54, 1.807) is 0 Å². The van der Waals surface area contributed by atoms with Crippen LogP contribution in [-0.4, -0.2) is 36.0 Å². The minimum atomic E-state index is 0.0971. The average molecular weight is 226 g/mol. The second-order valence-corrected chi connectivity index (χ2v) is 3.77. The molecular weight excluding hydrogens is 204 g/mol. The van der Waals surface area contributed by atoms with Crippen LogP contribution in [0, 0.1) is 0 Å². The highest BCUT2D eigenvalue weighted by atomic mass is 16.5. The van der Waals surface area contributed by atoms with Gasteiger partial charge in [-0.1, -0.05) is 6.92 Å². The molecule has 4 nitrogen and oxygen atoms in total. The molecule has 0 bridgehead atoms. The van der Waals surface area contributed by atoms with Crippen LogP contribution in [0.25, 0.3) is 0 Å². The quantitative estimate of drug-likeness (QED) is 0.617. The number of aliphatic hydroxyl groups is 1. The van der Waals surface area contributed by atoms with Crippen LogP contribution in [0.3, 0.4) is 0 Å². The molecule has 2 N–H and O–H groups in total. The summed E-state index contributed by atoms with van der Waals surface area (Å²) in [4.78, 5) is 0. The van der Waals surface area contributed by atoms with Crippen LogP contribution in [0.4, 0.5) is 0 Å². The molecule has 0 saturated heterocycles. The summed E-state index contributed by atoms with van der Waals surface area (Å²) in [6.07, 6.45) is 5.45. The van der Waals surface area contributed by atoms with Crippen molar-refractivity contribution in [3.05, 3.63) is 24.0 Å². The Kier molecular flexibility index (Phi) is 6.88. The predicted octanol–water partition coefficient (Wildman–Crippen LogP) is 0.997. The highest BCUT2D eigenvalue weighted by Gasteiger charge is 1.95. The smallest absolute Gasteiger partial charge is 0.0698 e. The van der Waals surface area contributed by atoms with E-state index < -0.39 is 0 Å². The van der Waals surface area contributed by atoms with Gasteiger partial charge >= 0.3 is 0 Å². The summed E-state index contributed by atoms with van der Waals surface area (Å²) in [6.45, 7) is 6.12. The second kappa shape index (κ2) is 8.33.